The highest BCUT2D eigenvalue weighted by Gasteiger charge is 2.30. The minimum absolute atomic E-state index is 0.359. The van der Waals surface area contributed by atoms with Gasteiger partial charge in [-0.3, -0.25) is 0 Å². The standard InChI is InChI=1S/C27H36N2O3/c1-17(2)25-21-16-20(29-13-11-19(12-14-29)27(3,4)30)8-9-22(21)28-26(25)18-7-10-23(31-5)24(15-18)32-6/h7-10,15-17,19,28,30H,11-14H2,1-6H3. The molecule has 32 heavy (non-hydrogen) atoms. The van der Waals surface area contributed by atoms with Gasteiger partial charge in [0, 0.05) is 35.2 Å². The molecule has 0 unspecified atom stereocenters. The maximum atomic E-state index is 10.4. The van der Waals surface area contributed by atoms with Gasteiger partial charge in [-0.2, -0.15) is 0 Å². The van der Waals surface area contributed by atoms with Crippen LogP contribution < -0.4 is 14.4 Å². The lowest BCUT2D eigenvalue weighted by molar-refractivity contribution is 0.00652. The molecular weight excluding hydrogens is 400 g/mol. The van der Waals surface area contributed by atoms with Crippen molar-refractivity contribution in [3.63, 3.8) is 0 Å². The van der Waals surface area contributed by atoms with E-state index >= 15 is 0 Å². The molecule has 0 amide bonds. The van der Waals surface area contributed by atoms with E-state index in [9.17, 15) is 5.11 Å². The van der Waals surface area contributed by atoms with Crippen LogP contribution in [0.2, 0.25) is 0 Å². The van der Waals surface area contributed by atoms with Crippen LogP contribution in [0.4, 0.5) is 5.69 Å². The number of rotatable bonds is 6. The third kappa shape index (κ3) is 4.18. The van der Waals surface area contributed by atoms with E-state index in [1.165, 1.54) is 16.6 Å². The number of hydrogen-bond acceptors (Lipinski definition) is 4. The monoisotopic (exact) mass is 436 g/mol. The topological polar surface area (TPSA) is 57.7 Å². The molecule has 0 bridgehead atoms. The van der Waals surface area contributed by atoms with Crippen LogP contribution in [-0.2, 0) is 0 Å². The molecule has 3 aromatic rings. The Morgan fingerprint density at radius 2 is 1.69 bits per heavy atom. The summed E-state index contributed by atoms with van der Waals surface area (Å²) in [5.41, 5.74) is 5.35. The van der Waals surface area contributed by atoms with Crippen LogP contribution in [0.1, 0.15) is 52.0 Å². The van der Waals surface area contributed by atoms with E-state index in [0.717, 1.165) is 54.2 Å². The second-order valence-electron chi connectivity index (χ2n) is 9.78. The van der Waals surface area contributed by atoms with Crippen LogP contribution in [0.15, 0.2) is 36.4 Å². The Balaban J connectivity index is 1.71. The van der Waals surface area contributed by atoms with Crippen molar-refractivity contribution in [3.05, 3.63) is 42.0 Å². The molecule has 1 fully saturated rings. The molecule has 0 aliphatic carbocycles. The molecule has 1 aliphatic heterocycles. The molecule has 5 heteroatoms. The van der Waals surface area contributed by atoms with Crippen LogP contribution in [0.3, 0.4) is 0 Å². The van der Waals surface area contributed by atoms with Gasteiger partial charge in [0.2, 0.25) is 0 Å². The minimum Gasteiger partial charge on any atom is -0.493 e. The number of methoxy groups -OCH3 is 2. The number of anilines is 1. The molecule has 4 rings (SSSR count). The Bertz CT molecular complexity index is 1090. The number of nitrogens with one attached hydrogen (secondary N) is 1. The number of aromatic nitrogens is 1. The number of benzene rings is 2. The number of fused-ring (bicyclic) bond motifs is 1. The molecule has 2 aromatic carbocycles. The van der Waals surface area contributed by atoms with Crippen molar-refractivity contribution in [3.8, 4) is 22.8 Å². The molecule has 0 atom stereocenters. The Kier molecular flexibility index (Phi) is 6.13. The predicted octanol–water partition coefficient (Wildman–Crippen LogP) is 5.96. The number of H-pyrrole nitrogens is 1. The average molecular weight is 437 g/mol. The first-order valence-corrected chi connectivity index (χ1v) is 11.6. The fraction of sp³-hybridized carbons (Fsp3) is 0.481. The fourth-order valence-corrected chi connectivity index (χ4v) is 5.06. The van der Waals surface area contributed by atoms with Crippen LogP contribution >= 0.6 is 0 Å². The van der Waals surface area contributed by atoms with E-state index in [1.807, 2.05) is 26.0 Å². The lowest BCUT2D eigenvalue weighted by Gasteiger charge is -2.38. The van der Waals surface area contributed by atoms with E-state index in [2.05, 4.69) is 48.0 Å². The van der Waals surface area contributed by atoms with Gasteiger partial charge in [0.05, 0.1) is 25.5 Å². The SMILES string of the molecule is COc1ccc(-c2[nH]c3ccc(N4CCC(C(C)(C)O)CC4)cc3c2C(C)C)cc1OC. The molecule has 0 radical (unpaired) electrons. The lowest BCUT2D eigenvalue weighted by atomic mass is 9.83. The Labute approximate surface area is 191 Å². The molecule has 2 heterocycles. The van der Waals surface area contributed by atoms with Gasteiger partial charge in [-0.25, -0.2) is 0 Å². The second kappa shape index (κ2) is 8.70. The maximum Gasteiger partial charge on any atom is 0.161 e. The van der Waals surface area contributed by atoms with E-state index < -0.39 is 5.60 Å². The zero-order chi connectivity index (χ0) is 23.0. The summed E-state index contributed by atoms with van der Waals surface area (Å²) >= 11 is 0. The third-order valence-corrected chi connectivity index (χ3v) is 6.93. The molecule has 2 N–H and O–H groups in total. The van der Waals surface area contributed by atoms with Crippen molar-refractivity contribution in [2.45, 2.75) is 52.1 Å². The first-order chi connectivity index (χ1) is 15.2. The summed E-state index contributed by atoms with van der Waals surface area (Å²) in [6, 6.07) is 12.8. The highest BCUT2D eigenvalue weighted by atomic mass is 16.5. The van der Waals surface area contributed by atoms with Gasteiger partial charge in [0.25, 0.3) is 0 Å². The van der Waals surface area contributed by atoms with Crippen molar-refractivity contribution >= 4 is 16.6 Å². The summed E-state index contributed by atoms with van der Waals surface area (Å²) in [4.78, 5) is 6.11. The van der Waals surface area contributed by atoms with E-state index in [4.69, 9.17) is 9.47 Å². The largest absolute Gasteiger partial charge is 0.493 e. The van der Waals surface area contributed by atoms with Crippen molar-refractivity contribution in [1.82, 2.24) is 4.98 Å². The second-order valence-corrected chi connectivity index (χ2v) is 9.78. The van der Waals surface area contributed by atoms with Gasteiger partial charge < -0.3 is 24.5 Å². The zero-order valence-electron chi connectivity index (χ0n) is 20.2. The van der Waals surface area contributed by atoms with Crippen LogP contribution in [0.5, 0.6) is 11.5 Å². The number of aliphatic hydroxyl groups is 1. The number of aromatic amines is 1. The molecule has 1 aromatic heterocycles. The number of piperidine rings is 1. The summed E-state index contributed by atoms with van der Waals surface area (Å²) in [6.45, 7) is 10.3. The van der Waals surface area contributed by atoms with Crippen LogP contribution in [0.25, 0.3) is 22.2 Å². The number of nitrogens with zero attached hydrogens (tertiary/aromatic N) is 1. The normalized spacial score (nSPS) is 15.6. The quantitative estimate of drug-likeness (QED) is 0.500. The Hall–Kier alpha value is -2.66. The van der Waals surface area contributed by atoms with Crippen molar-refractivity contribution < 1.29 is 14.6 Å². The molecule has 172 valence electrons. The van der Waals surface area contributed by atoms with Crippen molar-refractivity contribution in [2.75, 3.05) is 32.2 Å². The first-order valence-electron chi connectivity index (χ1n) is 11.6. The molecule has 0 spiro atoms. The third-order valence-electron chi connectivity index (χ3n) is 6.93. The van der Waals surface area contributed by atoms with Gasteiger partial charge in [-0.15, -0.1) is 0 Å². The van der Waals surface area contributed by atoms with Crippen LogP contribution in [0, 0.1) is 5.92 Å². The number of hydrogen-bond donors (Lipinski definition) is 2. The Morgan fingerprint density at radius 1 is 1.00 bits per heavy atom. The van der Waals surface area contributed by atoms with Gasteiger partial charge in [-0.05, 0) is 80.5 Å². The summed E-state index contributed by atoms with van der Waals surface area (Å²) in [6.07, 6.45) is 2.03. The van der Waals surface area contributed by atoms with Gasteiger partial charge in [0.1, 0.15) is 0 Å². The number of ether oxygens (including phenoxy) is 2. The highest BCUT2D eigenvalue weighted by Crippen LogP contribution is 2.40. The smallest absolute Gasteiger partial charge is 0.161 e. The van der Waals surface area contributed by atoms with Crippen LogP contribution in [-0.4, -0.2) is 43.0 Å². The molecule has 5 nitrogen and oxygen atoms in total. The minimum atomic E-state index is -0.601. The van der Waals surface area contributed by atoms with Crippen molar-refractivity contribution in [1.29, 1.82) is 0 Å². The molecular formula is C27H36N2O3. The predicted molar refractivity (Wildman–Crippen MR) is 132 cm³/mol. The first kappa shape index (κ1) is 22.5. The van der Waals surface area contributed by atoms with E-state index in [1.54, 1.807) is 14.2 Å². The summed E-state index contributed by atoms with van der Waals surface area (Å²) in [7, 11) is 3.33. The summed E-state index contributed by atoms with van der Waals surface area (Å²) in [5.74, 6) is 2.18. The average Bonchev–Trinajstić information content (AvgIpc) is 3.17. The maximum absolute atomic E-state index is 10.4. The van der Waals surface area contributed by atoms with Gasteiger partial charge in [-0.1, -0.05) is 13.8 Å². The van der Waals surface area contributed by atoms with Crippen molar-refractivity contribution in [2.24, 2.45) is 5.92 Å². The molecule has 1 saturated heterocycles. The lowest BCUT2D eigenvalue weighted by Crippen LogP contribution is -2.41. The van der Waals surface area contributed by atoms with Gasteiger partial charge >= 0.3 is 0 Å². The molecule has 0 saturated carbocycles. The summed E-state index contributed by atoms with van der Waals surface area (Å²) in [5, 5.41) is 11.7. The van der Waals surface area contributed by atoms with E-state index in [0.29, 0.717) is 11.8 Å². The van der Waals surface area contributed by atoms with E-state index in [-0.39, 0.29) is 0 Å². The van der Waals surface area contributed by atoms with Gasteiger partial charge in [0.15, 0.2) is 11.5 Å². The summed E-state index contributed by atoms with van der Waals surface area (Å²) < 4.78 is 11.0. The highest BCUT2D eigenvalue weighted by molar-refractivity contribution is 5.93. The zero-order valence-corrected chi connectivity index (χ0v) is 20.2. The Morgan fingerprint density at radius 3 is 2.28 bits per heavy atom. The fourth-order valence-electron chi connectivity index (χ4n) is 5.06. The molecule has 1 aliphatic rings.